The van der Waals surface area contributed by atoms with Crippen LogP contribution in [0.4, 0.5) is 0 Å². The Morgan fingerprint density at radius 3 is 2.48 bits per heavy atom. The van der Waals surface area contributed by atoms with E-state index in [4.69, 9.17) is 32.7 Å². The van der Waals surface area contributed by atoms with Crippen LogP contribution in [-0.2, 0) is 10.0 Å². The molecule has 9 heteroatoms. The molecular formula is C20H19Cl2NO5S. The molecule has 1 saturated heterocycles. The molecular weight excluding hydrogens is 437 g/mol. The average molecular weight is 456 g/mol. The number of ether oxygens (including phenoxy) is 2. The Morgan fingerprint density at radius 2 is 1.83 bits per heavy atom. The van der Waals surface area contributed by atoms with E-state index in [0.29, 0.717) is 34.9 Å². The predicted octanol–water partition coefficient (Wildman–Crippen LogP) is 4.19. The molecule has 0 aromatic heterocycles. The van der Waals surface area contributed by atoms with Crippen LogP contribution in [0.1, 0.15) is 29.6 Å². The van der Waals surface area contributed by atoms with Gasteiger partial charge in [0.2, 0.25) is 10.0 Å². The fourth-order valence-corrected chi connectivity index (χ4v) is 5.80. The highest BCUT2D eigenvalue weighted by atomic mass is 35.5. The van der Waals surface area contributed by atoms with Gasteiger partial charge in [-0.2, -0.15) is 4.31 Å². The van der Waals surface area contributed by atoms with E-state index in [1.165, 1.54) is 29.6 Å². The Morgan fingerprint density at radius 1 is 1.10 bits per heavy atom. The number of hydrogen-bond acceptors (Lipinski definition) is 5. The first-order chi connectivity index (χ1) is 13.7. The molecule has 154 valence electrons. The summed E-state index contributed by atoms with van der Waals surface area (Å²) in [7, 11) is -2.24. The zero-order chi connectivity index (χ0) is 20.8. The smallest absolute Gasteiger partial charge is 0.243 e. The lowest BCUT2D eigenvalue weighted by molar-refractivity contribution is 0.00591. The van der Waals surface area contributed by atoms with Gasteiger partial charge in [0, 0.05) is 31.0 Å². The number of piperidine rings is 1. The minimum Gasteiger partial charge on any atom is -0.495 e. The minimum absolute atomic E-state index is 0.0352. The Bertz CT molecular complexity index is 1080. The standard InChI is InChI=1S/C20H19Cl2NO5S/c1-27-19-5-3-14(11-16(19)22)29(25,26)23-8-6-20(7-9-23)12-17(24)15-10-13(21)2-4-18(15)28-20/h2-5,10-11H,6-9,12H2,1H3. The van der Waals surface area contributed by atoms with Crippen molar-refractivity contribution >= 4 is 39.0 Å². The van der Waals surface area contributed by atoms with Crippen LogP contribution in [-0.4, -0.2) is 44.3 Å². The number of rotatable bonds is 3. The Hall–Kier alpha value is -1.80. The summed E-state index contributed by atoms with van der Waals surface area (Å²) >= 11 is 12.1. The van der Waals surface area contributed by atoms with Crippen molar-refractivity contribution in [1.29, 1.82) is 0 Å². The maximum Gasteiger partial charge on any atom is 0.243 e. The van der Waals surface area contributed by atoms with Gasteiger partial charge in [-0.3, -0.25) is 4.79 Å². The van der Waals surface area contributed by atoms with Crippen LogP contribution in [0.3, 0.4) is 0 Å². The lowest BCUT2D eigenvalue weighted by Gasteiger charge is -2.43. The monoisotopic (exact) mass is 455 g/mol. The van der Waals surface area contributed by atoms with Crippen molar-refractivity contribution in [2.24, 2.45) is 0 Å². The van der Waals surface area contributed by atoms with Crippen LogP contribution in [0, 0.1) is 0 Å². The van der Waals surface area contributed by atoms with Gasteiger partial charge >= 0.3 is 0 Å². The van der Waals surface area contributed by atoms with Gasteiger partial charge < -0.3 is 9.47 Å². The number of Topliss-reactive ketones (excluding diaryl/α,β-unsaturated/α-hetero) is 1. The van der Waals surface area contributed by atoms with Crippen molar-refractivity contribution in [2.75, 3.05) is 20.2 Å². The average Bonchev–Trinajstić information content (AvgIpc) is 2.69. The molecule has 6 nitrogen and oxygen atoms in total. The number of nitrogens with zero attached hydrogens (tertiary/aromatic N) is 1. The second kappa shape index (κ2) is 7.47. The molecule has 1 fully saturated rings. The molecule has 2 heterocycles. The number of benzene rings is 2. The van der Waals surface area contributed by atoms with Crippen molar-refractivity contribution in [3.05, 3.63) is 52.0 Å². The summed E-state index contributed by atoms with van der Waals surface area (Å²) in [4.78, 5) is 12.7. The van der Waals surface area contributed by atoms with Crippen LogP contribution < -0.4 is 9.47 Å². The number of hydrogen-bond donors (Lipinski definition) is 0. The number of fused-ring (bicyclic) bond motifs is 1. The quantitative estimate of drug-likeness (QED) is 0.693. The van der Waals surface area contributed by atoms with Gasteiger partial charge in [-0.25, -0.2) is 8.42 Å². The SMILES string of the molecule is COc1ccc(S(=O)(=O)N2CCC3(CC2)CC(=O)c2cc(Cl)ccc2O3)cc1Cl. The molecule has 29 heavy (non-hydrogen) atoms. The third kappa shape index (κ3) is 3.72. The van der Waals surface area contributed by atoms with E-state index in [0.717, 1.165) is 0 Å². The second-order valence-electron chi connectivity index (χ2n) is 7.23. The molecule has 1 spiro atoms. The van der Waals surface area contributed by atoms with Crippen molar-refractivity contribution in [3.63, 3.8) is 0 Å². The summed E-state index contributed by atoms with van der Waals surface area (Å²) in [5, 5.41) is 0.717. The third-order valence-corrected chi connectivity index (χ3v) is 7.87. The van der Waals surface area contributed by atoms with Gasteiger partial charge in [0.1, 0.15) is 17.1 Å². The molecule has 0 unspecified atom stereocenters. The maximum atomic E-state index is 13.0. The van der Waals surface area contributed by atoms with Crippen LogP contribution >= 0.6 is 23.2 Å². The molecule has 0 saturated carbocycles. The zero-order valence-corrected chi connectivity index (χ0v) is 18.0. The summed E-state index contributed by atoms with van der Waals surface area (Å²) in [5.74, 6) is 0.881. The number of carbonyl (C=O) groups excluding carboxylic acids is 1. The van der Waals surface area contributed by atoms with E-state index >= 15 is 0 Å². The summed E-state index contributed by atoms with van der Waals surface area (Å²) in [6.45, 7) is 0.504. The van der Waals surface area contributed by atoms with Gasteiger partial charge in [-0.15, -0.1) is 0 Å². The number of carbonyl (C=O) groups is 1. The van der Waals surface area contributed by atoms with Crippen molar-refractivity contribution in [3.8, 4) is 11.5 Å². The molecule has 2 aromatic rings. The molecule has 0 radical (unpaired) electrons. The Balaban J connectivity index is 1.53. The van der Waals surface area contributed by atoms with Gasteiger partial charge in [-0.1, -0.05) is 23.2 Å². The molecule has 2 aromatic carbocycles. The lowest BCUT2D eigenvalue weighted by atomic mass is 9.83. The van der Waals surface area contributed by atoms with Crippen LogP contribution in [0.25, 0.3) is 0 Å². The van der Waals surface area contributed by atoms with E-state index < -0.39 is 15.6 Å². The molecule has 2 aliphatic heterocycles. The number of sulfonamides is 1. The number of methoxy groups -OCH3 is 1. The van der Waals surface area contributed by atoms with Crippen LogP contribution in [0.2, 0.25) is 10.0 Å². The van der Waals surface area contributed by atoms with Gasteiger partial charge in [-0.05, 0) is 36.4 Å². The molecule has 0 bridgehead atoms. The molecule has 2 aliphatic rings. The van der Waals surface area contributed by atoms with Crippen LogP contribution in [0.5, 0.6) is 11.5 Å². The van der Waals surface area contributed by atoms with Crippen LogP contribution in [0.15, 0.2) is 41.3 Å². The summed E-state index contributed by atoms with van der Waals surface area (Å²) in [5.41, 5.74) is -0.215. The highest BCUT2D eigenvalue weighted by Gasteiger charge is 2.45. The fourth-order valence-electron chi connectivity index (χ4n) is 3.84. The van der Waals surface area contributed by atoms with Gasteiger partial charge in [0.05, 0.1) is 29.0 Å². The van der Waals surface area contributed by atoms with E-state index in [1.807, 2.05) is 0 Å². The Labute approximate surface area is 179 Å². The third-order valence-electron chi connectivity index (χ3n) is 5.45. The fraction of sp³-hybridized carbons (Fsp3) is 0.350. The van der Waals surface area contributed by atoms with Crippen molar-refractivity contribution < 1.29 is 22.7 Å². The lowest BCUT2D eigenvalue weighted by Crippen LogP contribution is -2.52. The first kappa shape index (κ1) is 20.5. The van der Waals surface area contributed by atoms with Gasteiger partial charge in [0.25, 0.3) is 0 Å². The highest BCUT2D eigenvalue weighted by molar-refractivity contribution is 7.89. The highest BCUT2D eigenvalue weighted by Crippen LogP contribution is 2.41. The van der Waals surface area contributed by atoms with Crippen molar-refractivity contribution in [1.82, 2.24) is 4.31 Å². The maximum absolute atomic E-state index is 13.0. The predicted molar refractivity (Wildman–Crippen MR) is 110 cm³/mol. The summed E-state index contributed by atoms with van der Waals surface area (Å²) in [6, 6.07) is 9.38. The Kier molecular flexibility index (Phi) is 5.27. The number of halogens is 2. The topological polar surface area (TPSA) is 72.9 Å². The van der Waals surface area contributed by atoms with Gasteiger partial charge in [0.15, 0.2) is 5.78 Å². The first-order valence-electron chi connectivity index (χ1n) is 9.10. The summed E-state index contributed by atoms with van der Waals surface area (Å²) < 4.78 is 38.7. The van der Waals surface area contributed by atoms with E-state index in [1.54, 1.807) is 18.2 Å². The van der Waals surface area contributed by atoms with E-state index in [9.17, 15) is 13.2 Å². The molecule has 0 atom stereocenters. The summed E-state index contributed by atoms with van der Waals surface area (Å²) in [6.07, 6.45) is 1.05. The second-order valence-corrected chi connectivity index (χ2v) is 10.0. The largest absolute Gasteiger partial charge is 0.495 e. The first-order valence-corrected chi connectivity index (χ1v) is 11.3. The normalized spacial score (nSPS) is 18.9. The molecule has 4 rings (SSSR count). The van der Waals surface area contributed by atoms with Crippen molar-refractivity contribution in [2.45, 2.75) is 29.8 Å². The molecule has 0 aliphatic carbocycles. The van der Waals surface area contributed by atoms with E-state index in [-0.39, 0.29) is 35.2 Å². The zero-order valence-electron chi connectivity index (χ0n) is 15.7. The minimum atomic E-state index is -3.71. The van der Waals surface area contributed by atoms with E-state index in [2.05, 4.69) is 0 Å². The molecule has 0 amide bonds. The number of ketones is 1. The molecule has 0 N–H and O–H groups in total.